The van der Waals surface area contributed by atoms with Gasteiger partial charge in [-0.3, -0.25) is 4.79 Å². The van der Waals surface area contributed by atoms with Crippen molar-refractivity contribution in [3.63, 3.8) is 0 Å². The Morgan fingerprint density at radius 1 is 1.41 bits per heavy atom. The van der Waals surface area contributed by atoms with Crippen LogP contribution in [-0.4, -0.2) is 28.9 Å². The summed E-state index contributed by atoms with van der Waals surface area (Å²) in [7, 11) is 0. The predicted molar refractivity (Wildman–Crippen MR) is 64.3 cm³/mol. The fraction of sp³-hybridized carbons (Fsp3) is 0.462. The Kier molecular flexibility index (Phi) is 4.97. The van der Waals surface area contributed by atoms with Gasteiger partial charge in [0.25, 0.3) is 0 Å². The third kappa shape index (κ3) is 4.44. The van der Waals surface area contributed by atoms with Crippen molar-refractivity contribution < 1.29 is 19.7 Å². The van der Waals surface area contributed by atoms with Crippen LogP contribution in [0.5, 0.6) is 5.75 Å². The number of aryl methyl sites for hydroxylation is 1. The van der Waals surface area contributed by atoms with Crippen molar-refractivity contribution in [3.05, 3.63) is 29.3 Å². The summed E-state index contributed by atoms with van der Waals surface area (Å²) in [6.07, 6.45) is -0.770. The first kappa shape index (κ1) is 13.5. The number of carbonyl (C=O) groups is 1. The Balaban J connectivity index is 2.41. The van der Waals surface area contributed by atoms with E-state index in [2.05, 4.69) is 0 Å². The second-order valence-electron chi connectivity index (χ2n) is 4.09. The largest absolute Gasteiger partial charge is 0.493 e. The molecule has 1 rings (SSSR count). The first-order chi connectivity index (χ1) is 8.00. The lowest BCUT2D eigenvalue weighted by molar-refractivity contribution is -0.139. The van der Waals surface area contributed by atoms with E-state index >= 15 is 0 Å². The number of benzene rings is 1. The van der Waals surface area contributed by atoms with E-state index in [-0.39, 0.29) is 6.42 Å². The zero-order chi connectivity index (χ0) is 12.8. The fourth-order valence-corrected chi connectivity index (χ4v) is 1.49. The molecule has 4 nitrogen and oxygen atoms in total. The van der Waals surface area contributed by atoms with E-state index in [0.717, 1.165) is 16.9 Å². The molecule has 0 spiro atoms. The van der Waals surface area contributed by atoms with Gasteiger partial charge in [0.2, 0.25) is 0 Å². The molecule has 1 atom stereocenters. The number of aliphatic carboxylic acids is 1. The minimum absolute atomic E-state index is 0.240. The Labute approximate surface area is 101 Å². The first-order valence-electron chi connectivity index (χ1n) is 5.59. The highest BCUT2D eigenvalue weighted by molar-refractivity contribution is 5.67. The molecule has 0 aliphatic rings. The molecule has 1 aromatic carbocycles. The second-order valence-corrected chi connectivity index (χ2v) is 4.09. The van der Waals surface area contributed by atoms with Crippen molar-refractivity contribution in [2.45, 2.75) is 32.8 Å². The molecule has 17 heavy (non-hydrogen) atoms. The van der Waals surface area contributed by atoms with Crippen LogP contribution < -0.4 is 4.74 Å². The number of hydrogen-bond acceptors (Lipinski definition) is 3. The van der Waals surface area contributed by atoms with Crippen LogP contribution in [0.25, 0.3) is 0 Å². The van der Waals surface area contributed by atoms with E-state index in [4.69, 9.17) is 9.84 Å². The number of carboxylic acid groups (broad SMARTS) is 1. The summed E-state index contributed by atoms with van der Waals surface area (Å²) in [6, 6.07) is 5.78. The summed E-state index contributed by atoms with van der Waals surface area (Å²) in [5.41, 5.74) is 2.22. The van der Waals surface area contributed by atoms with Gasteiger partial charge in [-0.1, -0.05) is 12.1 Å². The van der Waals surface area contributed by atoms with Gasteiger partial charge in [-0.05, 0) is 31.0 Å². The number of aliphatic hydroxyl groups is 1. The van der Waals surface area contributed by atoms with Crippen LogP contribution in [0.4, 0.5) is 0 Å². The molecule has 0 aliphatic heterocycles. The molecule has 0 fully saturated rings. The van der Waals surface area contributed by atoms with Gasteiger partial charge in [0.15, 0.2) is 0 Å². The Bertz CT molecular complexity index is 387. The van der Waals surface area contributed by atoms with E-state index in [1.165, 1.54) is 0 Å². The third-order valence-corrected chi connectivity index (χ3v) is 2.67. The summed E-state index contributed by atoms with van der Waals surface area (Å²) >= 11 is 0. The topological polar surface area (TPSA) is 66.8 Å². The molecule has 0 radical (unpaired) electrons. The van der Waals surface area contributed by atoms with Crippen molar-refractivity contribution in [2.24, 2.45) is 0 Å². The highest BCUT2D eigenvalue weighted by Gasteiger charge is 2.10. The first-order valence-corrected chi connectivity index (χ1v) is 5.59. The van der Waals surface area contributed by atoms with E-state index in [1.54, 1.807) is 0 Å². The SMILES string of the molecule is Cc1cccc(OCCC(O)CC(=O)O)c1C. The molecule has 94 valence electrons. The van der Waals surface area contributed by atoms with Crippen molar-refractivity contribution in [1.29, 1.82) is 0 Å². The van der Waals surface area contributed by atoms with Crippen LogP contribution >= 0.6 is 0 Å². The zero-order valence-corrected chi connectivity index (χ0v) is 10.1. The van der Waals surface area contributed by atoms with Crippen LogP contribution in [-0.2, 0) is 4.79 Å². The van der Waals surface area contributed by atoms with Crippen molar-refractivity contribution in [3.8, 4) is 5.75 Å². The maximum Gasteiger partial charge on any atom is 0.305 e. The minimum atomic E-state index is -0.996. The molecule has 1 aromatic rings. The second kappa shape index (κ2) is 6.25. The number of rotatable bonds is 6. The Morgan fingerprint density at radius 3 is 2.76 bits per heavy atom. The lowest BCUT2D eigenvalue weighted by Crippen LogP contribution is -2.16. The number of aliphatic hydroxyl groups excluding tert-OH is 1. The molecule has 0 saturated carbocycles. The summed E-state index contributed by atoms with van der Waals surface area (Å²) in [6.45, 7) is 4.29. The van der Waals surface area contributed by atoms with Gasteiger partial charge in [-0.2, -0.15) is 0 Å². The molecule has 0 aromatic heterocycles. The number of carboxylic acids is 1. The van der Waals surface area contributed by atoms with E-state index < -0.39 is 12.1 Å². The summed E-state index contributed by atoms with van der Waals surface area (Å²) in [5.74, 6) is -0.211. The molecule has 4 heteroatoms. The highest BCUT2D eigenvalue weighted by atomic mass is 16.5. The van der Waals surface area contributed by atoms with Gasteiger partial charge < -0.3 is 14.9 Å². The summed E-state index contributed by atoms with van der Waals surface area (Å²) in [4.78, 5) is 10.3. The molecule has 0 amide bonds. The summed E-state index contributed by atoms with van der Waals surface area (Å²) in [5, 5.41) is 17.8. The van der Waals surface area contributed by atoms with Crippen LogP contribution in [0.15, 0.2) is 18.2 Å². The van der Waals surface area contributed by atoms with Gasteiger partial charge in [0.05, 0.1) is 19.1 Å². The smallest absolute Gasteiger partial charge is 0.305 e. The number of hydrogen-bond donors (Lipinski definition) is 2. The fourth-order valence-electron chi connectivity index (χ4n) is 1.49. The highest BCUT2D eigenvalue weighted by Crippen LogP contribution is 2.20. The third-order valence-electron chi connectivity index (χ3n) is 2.67. The molecule has 0 heterocycles. The van der Waals surface area contributed by atoms with Crippen LogP contribution in [0.1, 0.15) is 24.0 Å². The number of ether oxygens (including phenoxy) is 1. The van der Waals surface area contributed by atoms with Crippen LogP contribution in [0.3, 0.4) is 0 Å². The van der Waals surface area contributed by atoms with Gasteiger partial charge in [-0.15, -0.1) is 0 Å². The Hall–Kier alpha value is -1.55. The van der Waals surface area contributed by atoms with E-state index in [0.29, 0.717) is 13.0 Å². The quantitative estimate of drug-likeness (QED) is 0.794. The molecular formula is C13H18O4. The average Bonchev–Trinajstić information content (AvgIpc) is 2.23. The van der Waals surface area contributed by atoms with Crippen LogP contribution in [0, 0.1) is 13.8 Å². The molecule has 0 bridgehead atoms. The molecule has 0 aliphatic carbocycles. The zero-order valence-electron chi connectivity index (χ0n) is 10.1. The Morgan fingerprint density at radius 2 is 2.12 bits per heavy atom. The molecule has 0 saturated heterocycles. The van der Waals surface area contributed by atoms with Crippen molar-refractivity contribution in [2.75, 3.05) is 6.61 Å². The van der Waals surface area contributed by atoms with E-state index in [9.17, 15) is 9.90 Å². The van der Waals surface area contributed by atoms with Gasteiger partial charge >= 0.3 is 5.97 Å². The minimum Gasteiger partial charge on any atom is -0.493 e. The maximum atomic E-state index is 10.3. The normalized spacial score (nSPS) is 12.2. The van der Waals surface area contributed by atoms with E-state index in [1.807, 2.05) is 32.0 Å². The maximum absolute atomic E-state index is 10.3. The molecular weight excluding hydrogens is 220 g/mol. The van der Waals surface area contributed by atoms with Crippen molar-refractivity contribution in [1.82, 2.24) is 0 Å². The average molecular weight is 238 g/mol. The van der Waals surface area contributed by atoms with Crippen molar-refractivity contribution >= 4 is 5.97 Å². The monoisotopic (exact) mass is 238 g/mol. The van der Waals surface area contributed by atoms with Gasteiger partial charge in [0, 0.05) is 6.42 Å². The lowest BCUT2D eigenvalue weighted by Gasteiger charge is -2.12. The molecule has 2 N–H and O–H groups in total. The lowest BCUT2D eigenvalue weighted by atomic mass is 10.1. The van der Waals surface area contributed by atoms with Gasteiger partial charge in [-0.25, -0.2) is 0 Å². The predicted octanol–water partition coefficient (Wildman–Crippen LogP) is 1.91. The van der Waals surface area contributed by atoms with Crippen LogP contribution in [0.2, 0.25) is 0 Å². The standard InChI is InChI=1S/C13H18O4/c1-9-4-3-5-12(10(9)2)17-7-6-11(14)8-13(15)16/h3-5,11,14H,6-8H2,1-2H3,(H,15,16). The summed E-state index contributed by atoms with van der Waals surface area (Å²) < 4.78 is 5.52. The molecule has 1 unspecified atom stereocenters. The van der Waals surface area contributed by atoms with Gasteiger partial charge in [0.1, 0.15) is 5.75 Å².